The lowest BCUT2D eigenvalue weighted by Crippen LogP contribution is -2.28. The maximum atomic E-state index is 14.0. The number of ether oxygens (including phenoxy) is 1. The molecule has 1 N–H and O–H groups in total. The SMILES string of the molecule is COc1ccc(C2(O)CCCN(C)CC2)c(F)c1. The lowest BCUT2D eigenvalue weighted by molar-refractivity contribution is 0.0184. The van der Waals surface area contributed by atoms with Crippen LogP contribution in [0.2, 0.25) is 0 Å². The Labute approximate surface area is 107 Å². The van der Waals surface area contributed by atoms with Crippen molar-refractivity contribution in [1.82, 2.24) is 4.90 Å². The van der Waals surface area contributed by atoms with Gasteiger partial charge in [-0.15, -0.1) is 0 Å². The summed E-state index contributed by atoms with van der Waals surface area (Å²) in [5.74, 6) is 0.0898. The van der Waals surface area contributed by atoms with Crippen LogP contribution in [0.5, 0.6) is 5.75 Å². The van der Waals surface area contributed by atoms with Crippen LogP contribution in [0, 0.1) is 5.82 Å². The van der Waals surface area contributed by atoms with Crippen LogP contribution in [0.15, 0.2) is 18.2 Å². The standard InChI is InChI=1S/C14H20FNO2/c1-16-8-3-6-14(17,7-9-16)12-5-4-11(18-2)10-13(12)15/h4-5,10,17H,3,6-9H2,1-2H3. The van der Waals surface area contributed by atoms with Gasteiger partial charge in [-0.2, -0.15) is 0 Å². The molecule has 3 nitrogen and oxygen atoms in total. The van der Waals surface area contributed by atoms with Crippen LogP contribution in [-0.4, -0.2) is 37.3 Å². The topological polar surface area (TPSA) is 32.7 Å². The van der Waals surface area contributed by atoms with Gasteiger partial charge in [0.15, 0.2) is 0 Å². The quantitative estimate of drug-likeness (QED) is 0.876. The van der Waals surface area contributed by atoms with Gasteiger partial charge in [-0.25, -0.2) is 4.39 Å². The highest BCUT2D eigenvalue weighted by atomic mass is 19.1. The van der Waals surface area contributed by atoms with Gasteiger partial charge >= 0.3 is 0 Å². The van der Waals surface area contributed by atoms with Crippen molar-refractivity contribution in [2.75, 3.05) is 27.2 Å². The van der Waals surface area contributed by atoms with E-state index in [2.05, 4.69) is 4.90 Å². The molecule has 0 aromatic heterocycles. The van der Waals surface area contributed by atoms with Crippen molar-refractivity contribution in [3.05, 3.63) is 29.6 Å². The largest absolute Gasteiger partial charge is 0.497 e. The Morgan fingerprint density at radius 1 is 1.33 bits per heavy atom. The Balaban J connectivity index is 2.28. The van der Waals surface area contributed by atoms with Gasteiger partial charge in [0, 0.05) is 18.2 Å². The molecular formula is C14H20FNO2. The minimum Gasteiger partial charge on any atom is -0.497 e. The van der Waals surface area contributed by atoms with Gasteiger partial charge in [-0.05, 0) is 45.0 Å². The third kappa shape index (κ3) is 2.65. The van der Waals surface area contributed by atoms with E-state index in [1.165, 1.54) is 13.2 Å². The van der Waals surface area contributed by atoms with Gasteiger partial charge in [0.1, 0.15) is 11.6 Å². The monoisotopic (exact) mass is 253 g/mol. The predicted molar refractivity (Wildman–Crippen MR) is 68.2 cm³/mol. The first kappa shape index (κ1) is 13.3. The minimum atomic E-state index is -1.05. The van der Waals surface area contributed by atoms with Gasteiger partial charge in [-0.1, -0.05) is 0 Å². The highest BCUT2D eigenvalue weighted by Gasteiger charge is 2.33. The molecule has 1 aromatic rings. The zero-order chi connectivity index (χ0) is 13.2. The van der Waals surface area contributed by atoms with E-state index in [1.54, 1.807) is 12.1 Å². The average Bonchev–Trinajstić information content (AvgIpc) is 2.52. The molecule has 0 aliphatic carbocycles. The second-order valence-electron chi connectivity index (χ2n) is 5.03. The molecule has 18 heavy (non-hydrogen) atoms. The zero-order valence-corrected chi connectivity index (χ0v) is 10.9. The second kappa shape index (κ2) is 5.24. The highest BCUT2D eigenvalue weighted by molar-refractivity contribution is 5.32. The number of nitrogens with zero attached hydrogens (tertiary/aromatic N) is 1. The molecule has 0 saturated carbocycles. The first-order valence-electron chi connectivity index (χ1n) is 6.30. The van der Waals surface area contributed by atoms with Gasteiger partial charge in [0.25, 0.3) is 0 Å². The van der Waals surface area contributed by atoms with E-state index in [1.807, 2.05) is 7.05 Å². The number of hydrogen-bond acceptors (Lipinski definition) is 3. The number of methoxy groups -OCH3 is 1. The fourth-order valence-electron chi connectivity index (χ4n) is 2.52. The summed E-state index contributed by atoms with van der Waals surface area (Å²) in [4.78, 5) is 2.17. The molecule has 1 unspecified atom stereocenters. The summed E-state index contributed by atoms with van der Waals surface area (Å²) in [5, 5.41) is 10.7. The molecule has 1 aliphatic heterocycles. The van der Waals surface area contributed by atoms with Crippen LogP contribution in [-0.2, 0) is 5.60 Å². The van der Waals surface area contributed by atoms with Crippen molar-refractivity contribution in [2.24, 2.45) is 0 Å². The Morgan fingerprint density at radius 3 is 2.78 bits per heavy atom. The molecule has 0 radical (unpaired) electrons. The van der Waals surface area contributed by atoms with Crippen molar-refractivity contribution < 1.29 is 14.2 Å². The summed E-state index contributed by atoms with van der Waals surface area (Å²) in [6.45, 7) is 1.72. The Bertz CT molecular complexity index is 424. The number of rotatable bonds is 2. The molecule has 1 fully saturated rings. The summed E-state index contributed by atoms with van der Waals surface area (Å²) in [6.07, 6.45) is 2.03. The number of likely N-dealkylation sites (tertiary alicyclic amines) is 1. The van der Waals surface area contributed by atoms with E-state index >= 15 is 0 Å². The first-order chi connectivity index (χ1) is 8.55. The number of benzene rings is 1. The Morgan fingerprint density at radius 2 is 2.11 bits per heavy atom. The van der Waals surface area contributed by atoms with E-state index in [9.17, 15) is 9.50 Å². The molecule has 0 bridgehead atoms. The zero-order valence-electron chi connectivity index (χ0n) is 10.9. The number of hydrogen-bond donors (Lipinski definition) is 1. The molecule has 1 saturated heterocycles. The van der Waals surface area contributed by atoms with Crippen molar-refractivity contribution >= 4 is 0 Å². The van der Waals surface area contributed by atoms with E-state index in [0.29, 0.717) is 24.2 Å². The van der Waals surface area contributed by atoms with Gasteiger partial charge in [0.05, 0.1) is 12.7 Å². The summed E-state index contributed by atoms with van der Waals surface area (Å²) in [6, 6.07) is 4.67. The molecule has 1 aromatic carbocycles. The van der Waals surface area contributed by atoms with Crippen molar-refractivity contribution in [3.63, 3.8) is 0 Å². The second-order valence-corrected chi connectivity index (χ2v) is 5.03. The molecule has 100 valence electrons. The van der Waals surface area contributed by atoms with E-state index in [4.69, 9.17) is 4.74 Å². The molecule has 0 spiro atoms. The van der Waals surface area contributed by atoms with Gasteiger partial charge in [-0.3, -0.25) is 0 Å². The van der Waals surface area contributed by atoms with Crippen molar-refractivity contribution in [2.45, 2.75) is 24.9 Å². The van der Waals surface area contributed by atoms with Crippen LogP contribution < -0.4 is 4.74 Å². The van der Waals surface area contributed by atoms with E-state index in [0.717, 1.165) is 19.5 Å². The van der Waals surface area contributed by atoms with Gasteiger partial charge < -0.3 is 14.7 Å². The third-order valence-corrected chi connectivity index (χ3v) is 3.71. The Hall–Kier alpha value is -1.13. The number of aliphatic hydroxyl groups is 1. The third-order valence-electron chi connectivity index (χ3n) is 3.71. The van der Waals surface area contributed by atoms with Crippen molar-refractivity contribution in [3.8, 4) is 5.75 Å². The molecular weight excluding hydrogens is 233 g/mol. The van der Waals surface area contributed by atoms with Gasteiger partial charge in [0.2, 0.25) is 0 Å². The predicted octanol–water partition coefficient (Wildman–Crippen LogP) is 2.14. The lowest BCUT2D eigenvalue weighted by atomic mass is 9.86. The first-order valence-corrected chi connectivity index (χ1v) is 6.30. The fraction of sp³-hybridized carbons (Fsp3) is 0.571. The average molecular weight is 253 g/mol. The Kier molecular flexibility index (Phi) is 3.88. The van der Waals surface area contributed by atoms with Crippen LogP contribution in [0.1, 0.15) is 24.8 Å². The highest BCUT2D eigenvalue weighted by Crippen LogP contribution is 2.35. The summed E-state index contributed by atoms with van der Waals surface area (Å²) in [7, 11) is 3.53. The molecule has 4 heteroatoms. The molecule has 1 aliphatic rings. The summed E-state index contributed by atoms with van der Waals surface area (Å²) in [5.41, 5.74) is -0.667. The lowest BCUT2D eigenvalue weighted by Gasteiger charge is -2.27. The minimum absolute atomic E-state index is 0.388. The fourth-order valence-corrected chi connectivity index (χ4v) is 2.52. The smallest absolute Gasteiger partial charge is 0.132 e. The van der Waals surface area contributed by atoms with Crippen molar-refractivity contribution in [1.29, 1.82) is 0 Å². The molecule has 1 atom stereocenters. The van der Waals surface area contributed by atoms with E-state index < -0.39 is 5.60 Å². The maximum absolute atomic E-state index is 14.0. The summed E-state index contributed by atoms with van der Waals surface area (Å²) < 4.78 is 19.0. The van der Waals surface area contributed by atoms with Crippen LogP contribution in [0.3, 0.4) is 0 Å². The number of halogens is 1. The van der Waals surface area contributed by atoms with E-state index in [-0.39, 0.29) is 5.82 Å². The molecule has 0 amide bonds. The summed E-state index contributed by atoms with van der Waals surface area (Å²) >= 11 is 0. The normalized spacial score (nSPS) is 25.8. The van der Waals surface area contributed by atoms with Crippen LogP contribution in [0.4, 0.5) is 4.39 Å². The maximum Gasteiger partial charge on any atom is 0.132 e. The van der Waals surface area contributed by atoms with Crippen LogP contribution in [0.25, 0.3) is 0 Å². The van der Waals surface area contributed by atoms with Crippen LogP contribution >= 0.6 is 0 Å². The molecule has 1 heterocycles. The molecule has 2 rings (SSSR count).